The number of amides is 1. The van der Waals surface area contributed by atoms with Crippen molar-refractivity contribution < 1.29 is 9.32 Å². The van der Waals surface area contributed by atoms with Crippen LogP contribution in [0.15, 0.2) is 39.8 Å². The number of rotatable bonds is 8. The number of H-pyrrole nitrogens is 1. The highest BCUT2D eigenvalue weighted by Gasteiger charge is 2.28. The highest BCUT2D eigenvalue weighted by molar-refractivity contribution is 6.31. The number of anilines is 1. The molecule has 0 bridgehead atoms. The SMILES string of the molecule is CCN(c1cc(Cl)cc(C(=O)NCc2c(-c3ccno3)[nH]c(C)cc2=O)c1C)C1CCC(N(C)C)CC1. The van der Waals surface area contributed by atoms with Crippen molar-refractivity contribution in [3.8, 4) is 11.5 Å². The number of carbonyl (C=O) groups is 1. The number of nitrogens with one attached hydrogen (secondary N) is 2. The molecule has 4 rings (SSSR count). The van der Waals surface area contributed by atoms with Gasteiger partial charge in [0.1, 0.15) is 0 Å². The van der Waals surface area contributed by atoms with Gasteiger partial charge in [0, 0.05) is 64.8 Å². The second-order valence-corrected chi connectivity index (χ2v) is 10.5. The first-order valence-electron chi connectivity index (χ1n) is 12.8. The van der Waals surface area contributed by atoms with Gasteiger partial charge in [0.2, 0.25) is 0 Å². The lowest BCUT2D eigenvalue weighted by atomic mass is 9.89. The molecule has 1 aliphatic carbocycles. The molecule has 1 amide bonds. The summed E-state index contributed by atoms with van der Waals surface area (Å²) in [6.07, 6.45) is 6.02. The predicted molar refractivity (Wildman–Crippen MR) is 147 cm³/mol. The highest BCUT2D eigenvalue weighted by Crippen LogP contribution is 2.34. The van der Waals surface area contributed by atoms with Gasteiger partial charge in [-0.1, -0.05) is 16.8 Å². The summed E-state index contributed by atoms with van der Waals surface area (Å²) in [4.78, 5) is 34.0. The molecular weight excluding hydrogens is 490 g/mol. The van der Waals surface area contributed by atoms with Crippen LogP contribution in [0.2, 0.25) is 5.02 Å². The zero-order valence-corrected chi connectivity index (χ0v) is 23.0. The Morgan fingerprint density at radius 2 is 1.86 bits per heavy atom. The first-order chi connectivity index (χ1) is 17.7. The summed E-state index contributed by atoms with van der Waals surface area (Å²) in [6.45, 7) is 6.78. The van der Waals surface area contributed by atoms with Crippen LogP contribution < -0.4 is 15.6 Å². The van der Waals surface area contributed by atoms with Gasteiger partial charge >= 0.3 is 0 Å². The smallest absolute Gasteiger partial charge is 0.251 e. The molecule has 9 heteroatoms. The molecule has 198 valence electrons. The summed E-state index contributed by atoms with van der Waals surface area (Å²) in [7, 11) is 4.29. The van der Waals surface area contributed by atoms with Crippen LogP contribution in [-0.2, 0) is 6.54 Å². The fraction of sp³-hybridized carbons (Fsp3) is 0.464. The van der Waals surface area contributed by atoms with Crippen molar-refractivity contribution in [1.29, 1.82) is 0 Å². The standard InChI is InChI=1S/C28H36ClN5O3/c1-6-34(21-9-7-20(8-10-21)33(4)5)24-15-19(29)14-22(18(24)3)28(36)30-16-23-25(35)13-17(2)32-27(23)26-11-12-31-37-26/h11-15,20-21H,6-10,16H2,1-5H3,(H,30,36)(H,32,35). The van der Waals surface area contributed by atoms with E-state index in [2.05, 4.69) is 46.3 Å². The maximum Gasteiger partial charge on any atom is 0.251 e. The quantitative estimate of drug-likeness (QED) is 0.433. The molecule has 0 atom stereocenters. The van der Waals surface area contributed by atoms with Gasteiger partial charge in [0.25, 0.3) is 5.91 Å². The summed E-state index contributed by atoms with van der Waals surface area (Å²) < 4.78 is 5.27. The number of nitrogens with zero attached hydrogens (tertiary/aromatic N) is 3. The van der Waals surface area contributed by atoms with Crippen LogP contribution >= 0.6 is 11.6 Å². The largest absolute Gasteiger partial charge is 0.369 e. The minimum absolute atomic E-state index is 0.0395. The van der Waals surface area contributed by atoms with E-state index >= 15 is 0 Å². The Balaban J connectivity index is 1.57. The van der Waals surface area contributed by atoms with E-state index in [1.807, 2.05) is 13.0 Å². The van der Waals surface area contributed by atoms with Gasteiger partial charge < -0.3 is 24.6 Å². The minimum Gasteiger partial charge on any atom is -0.369 e. The lowest BCUT2D eigenvalue weighted by Crippen LogP contribution is -2.42. The Morgan fingerprint density at radius 1 is 1.16 bits per heavy atom. The molecule has 2 heterocycles. The van der Waals surface area contributed by atoms with Crippen LogP contribution in [0.4, 0.5) is 5.69 Å². The van der Waals surface area contributed by atoms with Crippen LogP contribution in [0, 0.1) is 13.8 Å². The number of aryl methyl sites for hydroxylation is 1. The second kappa shape index (κ2) is 11.5. The van der Waals surface area contributed by atoms with Crippen molar-refractivity contribution in [2.45, 2.75) is 65.1 Å². The number of benzene rings is 1. The van der Waals surface area contributed by atoms with Crippen LogP contribution in [0.1, 0.15) is 59.8 Å². The Kier molecular flexibility index (Phi) is 8.39. The molecule has 0 aliphatic heterocycles. The van der Waals surface area contributed by atoms with Gasteiger partial charge in [0.15, 0.2) is 11.2 Å². The molecule has 2 N–H and O–H groups in total. The first-order valence-corrected chi connectivity index (χ1v) is 13.2. The third-order valence-corrected chi connectivity index (χ3v) is 7.67. The number of aromatic nitrogens is 2. The molecule has 2 aromatic heterocycles. The first kappa shape index (κ1) is 26.9. The van der Waals surface area contributed by atoms with Crippen molar-refractivity contribution >= 4 is 23.2 Å². The van der Waals surface area contributed by atoms with E-state index in [4.69, 9.17) is 16.1 Å². The monoisotopic (exact) mass is 525 g/mol. The summed E-state index contributed by atoms with van der Waals surface area (Å²) in [5, 5.41) is 7.18. The fourth-order valence-corrected chi connectivity index (χ4v) is 5.63. The number of aromatic amines is 1. The average molecular weight is 526 g/mol. The molecule has 0 radical (unpaired) electrons. The average Bonchev–Trinajstić information content (AvgIpc) is 3.40. The van der Waals surface area contributed by atoms with Gasteiger partial charge in [-0.15, -0.1) is 0 Å². The zero-order valence-electron chi connectivity index (χ0n) is 22.2. The normalized spacial score (nSPS) is 17.7. The van der Waals surface area contributed by atoms with Gasteiger partial charge in [-0.05, 0) is 78.2 Å². The summed E-state index contributed by atoms with van der Waals surface area (Å²) in [5.41, 5.74) is 3.81. The fourth-order valence-electron chi connectivity index (χ4n) is 5.42. The molecule has 3 aromatic rings. The maximum atomic E-state index is 13.4. The predicted octanol–water partition coefficient (Wildman–Crippen LogP) is 4.93. The van der Waals surface area contributed by atoms with E-state index in [-0.39, 0.29) is 17.9 Å². The molecule has 37 heavy (non-hydrogen) atoms. The molecule has 1 fully saturated rings. The van der Waals surface area contributed by atoms with Crippen molar-refractivity contribution in [3.05, 3.63) is 68.1 Å². The van der Waals surface area contributed by atoms with E-state index in [1.54, 1.807) is 19.1 Å². The number of pyridine rings is 1. The molecule has 8 nitrogen and oxygen atoms in total. The van der Waals surface area contributed by atoms with Crippen LogP contribution in [-0.4, -0.2) is 53.7 Å². The number of hydrogen-bond acceptors (Lipinski definition) is 6. The van der Waals surface area contributed by atoms with E-state index in [0.717, 1.165) is 43.5 Å². The molecular formula is C28H36ClN5O3. The number of hydrogen-bond donors (Lipinski definition) is 2. The second-order valence-electron chi connectivity index (χ2n) is 10.0. The number of halogens is 1. The summed E-state index contributed by atoms with van der Waals surface area (Å²) >= 11 is 6.54. The summed E-state index contributed by atoms with van der Waals surface area (Å²) in [6, 6.07) is 7.86. The third kappa shape index (κ3) is 5.91. The Hall–Kier alpha value is -3.10. The van der Waals surface area contributed by atoms with E-state index in [9.17, 15) is 9.59 Å². The van der Waals surface area contributed by atoms with Crippen molar-refractivity contribution in [3.63, 3.8) is 0 Å². The van der Waals surface area contributed by atoms with Gasteiger partial charge in [-0.3, -0.25) is 9.59 Å². The van der Waals surface area contributed by atoms with E-state index in [1.165, 1.54) is 12.3 Å². The van der Waals surface area contributed by atoms with E-state index in [0.29, 0.717) is 45.4 Å². The molecule has 0 saturated heterocycles. The third-order valence-electron chi connectivity index (χ3n) is 7.46. The van der Waals surface area contributed by atoms with Crippen LogP contribution in [0.3, 0.4) is 0 Å². The molecule has 1 aliphatic rings. The lowest BCUT2D eigenvalue weighted by Gasteiger charge is -2.40. The van der Waals surface area contributed by atoms with E-state index < -0.39 is 0 Å². The van der Waals surface area contributed by atoms with Crippen LogP contribution in [0.5, 0.6) is 0 Å². The maximum absolute atomic E-state index is 13.4. The lowest BCUT2D eigenvalue weighted by molar-refractivity contribution is 0.0950. The molecule has 0 unspecified atom stereocenters. The van der Waals surface area contributed by atoms with Crippen molar-refractivity contribution in [1.82, 2.24) is 20.4 Å². The van der Waals surface area contributed by atoms with Gasteiger partial charge in [-0.25, -0.2) is 0 Å². The summed E-state index contributed by atoms with van der Waals surface area (Å²) in [5.74, 6) is 0.158. The Bertz CT molecular complexity index is 1290. The number of carbonyl (C=O) groups excluding carboxylic acids is 1. The van der Waals surface area contributed by atoms with Gasteiger partial charge in [0.05, 0.1) is 11.9 Å². The Labute approximate surface area is 223 Å². The van der Waals surface area contributed by atoms with Crippen LogP contribution in [0.25, 0.3) is 11.5 Å². The van der Waals surface area contributed by atoms with Gasteiger partial charge in [-0.2, -0.15) is 0 Å². The van der Waals surface area contributed by atoms with Crippen molar-refractivity contribution in [2.24, 2.45) is 0 Å². The topological polar surface area (TPSA) is 94.5 Å². The molecule has 1 aromatic carbocycles. The molecule has 0 spiro atoms. The zero-order chi connectivity index (χ0) is 26.7. The highest BCUT2D eigenvalue weighted by atomic mass is 35.5. The van der Waals surface area contributed by atoms with Crippen molar-refractivity contribution in [2.75, 3.05) is 25.5 Å². The molecule has 1 saturated carbocycles. The Morgan fingerprint density at radius 3 is 2.49 bits per heavy atom. The minimum atomic E-state index is -0.280.